The standard InChI is InChI=1S/C19H23N3O2S/c1-22(2)17(23)11-12-20-18(24)13-7-3-4-8-14(13)19-21-15-9-5-6-10-16(15)25-19/h3-6,9-10,13-14H,7-8,11-12H2,1-2H3,(H,20,24). The molecule has 5 nitrogen and oxygen atoms in total. The van der Waals surface area contributed by atoms with Crippen molar-refractivity contribution >= 4 is 33.4 Å². The van der Waals surface area contributed by atoms with E-state index in [0.717, 1.165) is 21.6 Å². The van der Waals surface area contributed by atoms with E-state index in [1.54, 1.807) is 30.3 Å². The van der Waals surface area contributed by atoms with Crippen LogP contribution in [0.3, 0.4) is 0 Å². The zero-order valence-electron chi connectivity index (χ0n) is 14.6. The van der Waals surface area contributed by atoms with Crippen LogP contribution in [0.4, 0.5) is 0 Å². The summed E-state index contributed by atoms with van der Waals surface area (Å²) < 4.78 is 1.16. The van der Waals surface area contributed by atoms with Gasteiger partial charge >= 0.3 is 0 Å². The minimum Gasteiger partial charge on any atom is -0.355 e. The van der Waals surface area contributed by atoms with Crippen LogP contribution < -0.4 is 5.32 Å². The summed E-state index contributed by atoms with van der Waals surface area (Å²) in [4.78, 5) is 30.6. The Morgan fingerprint density at radius 3 is 2.76 bits per heavy atom. The molecule has 6 heteroatoms. The van der Waals surface area contributed by atoms with Gasteiger partial charge in [0.15, 0.2) is 0 Å². The van der Waals surface area contributed by atoms with Crippen molar-refractivity contribution in [1.29, 1.82) is 0 Å². The molecule has 25 heavy (non-hydrogen) atoms. The van der Waals surface area contributed by atoms with E-state index < -0.39 is 0 Å². The molecule has 1 heterocycles. The van der Waals surface area contributed by atoms with Crippen LogP contribution in [0.1, 0.15) is 30.2 Å². The Morgan fingerprint density at radius 2 is 2.00 bits per heavy atom. The number of para-hydroxylation sites is 1. The highest BCUT2D eigenvalue weighted by Gasteiger charge is 2.32. The minimum atomic E-state index is -0.125. The number of nitrogens with one attached hydrogen (secondary N) is 1. The monoisotopic (exact) mass is 357 g/mol. The summed E-state index contributed by atoms with van der Waals surface area (Å²) >= 11 is 1.67. The normalized spacial score (nSPS) is 19.8. The van der Waals surface area contributed by atoms with E-state index in [0.29, 0.717) is 19.4 Å². The molecule has 3 rings (SSSR count). The highest BCUT2D eigenvalue weighted by molar-refractivity contribution is 7.18. The molecule has 0 fully saturated rings. The molecule has 1 aromatic heterocycles. The first-order valence-electron chi connectivity index (χ1n) is 8.54. The van der Waals surface area contributed by atoms with Crippen molar-refractivity contribution < 1.29 is 9.59 Å². The van der Waals surface area contributed by atoms with Gasteiger partial charge < -0.3 is 10.2 Å². The third-order valence-electron chi connectivity index (χ3n) is 4.53. The molecule has 2 aromatic rings. The van der Waals surface area contributed by atoms with Crippen LogP contribution in [0, 0.1) is 5.92 Å². The highest BCUT2D eigenvalue weighted by Crippen LogP contribution is 2.38. The molecule has 1 aromatic carbocycles. The van der Waals surface area contributed by atoms with Gasteiger partial charge in [0, 0.05) is 33.0 Å². The minimum absolute atomic E-state index is 0.0140. The number of hydrogen-bond donors (Lipinski definition) is 1. The molecule has 0 saturated carbocycles. The van der Waals surface area contributed by atoms with Gasteiger partial charge in [-0.15, -0.1) is 11.3 Å². The maximum Gasteiger partial charge on any atom is 0.224 e. The number of allylic oxidation sites excluding steroid dienone is 2. The summed E-state index contributed by atoms with van der Waals surface area (Å²) in [5, 5.41) is 3.95. The Labute approximate surface area is 151 Å². The number of nitrogens with zero attached hydrogens (tertiary/aromatic N) is 2. The average Bonchev–Trinajstić information content (AvgIpc) is 3.05. The molecule has 1 aliphatic carbocycles. The molecule has 0 bridgehead atoms. The van der Waals surface area contributed by atoms with Gasteiger partial charge in [0.1, 0.15) is 0 Å². The lowest BCUT2D eigenvalue weighted by Gasteiger charge is -2.26. The Kier molecular flexibility index (Phi) is 5.48. The van der Waals surface area contributed by atoms with Crippen molar-refractivity contribution in [2.75, 3.05) is 20.6 Å². The number of carbonyl (C=O) groups is 2. The van der Waals surface area contributed by atoms with Gasteiger partial charge in [-0.05, 0) is 25.0 Å². The molecule has 0 spiro atoms. The third kappa shape index (κ3) is 4.07. The van der Waals surface area contributed by atoms with Gasteiger partial charge in [-0.2, -0.15) is 0 Å². The predicted molar refractivity (Wildman–Crippen MR) is 101 cm³/mol. The van der Waals surface area contributed by atoms with E-state index >= 15 is 0 Å². The lowest BCUT2D eigenvalue weighted by atomic mass is 9.82. The lowest BCUT2D eigenvalue weighted by Crippen LogP contribution is -2.37. The average molecular weight is 357 g/mol. The van der Waals surface area contributed by atoms with Crippen molar-refractivity contribution in [3.05, 3.63) is 41.4 Å². The van der Waals surface area contributed by atoms with Gasteiger partial charge in [0.05, 0.1) is 21.1 Å². The molecule has 1 N–H and O–H groups in total. The first kappa shape index (κ1) is 17.6. The predicted octanol–water partition coefficient (Wildman–Crippen LogP) is 2.94. The van der Waals surface area contributed by atoms with Crippen molar-refractivity contribution in [2.45, 2.75) is 25.2 Å². The third-order valence-corrected chi connectivity index (χ3v) is 5.70. The molecule has 0 radical (unpaired) electrons. The summed E-state index contributed by atoms with van der Waals surface area (Å²) in [6, 6.07) is 8.07. The van der Waals surface area contributed by atoms with Crippen molar-refractivity contribution in [3.63, 3.8) is 0 Å². The van der Waals surface area contributed by atoms with Crippen LogP contribution in [0.15, 0.2) is 36.4 Å². The van der Waals surface area contributed by atoms with Gasteiger partial charge in [-0.3, -0.25) is 9.59 Å². The molecule has 0 saturated heterocycles. The smallest absolute Gasteiger partial charge is 0.224 e. The SMILES string of the molecule is CN(C)C(=O)CCNC(=O)C1CC=CCC1c1nc2ccccc2s1. The number of amides is 2. The lowest BCUT2D eigenvalue weighted by molar-refractivity contribution is -0.129. The molecule has 2 atom stereocenters. The Morgan fingerprint density at radius 1 is 1.24 bits per heavy atom. The van der Waals surface area contributed by atoms with Crippen LogP contribution >= 0.6 is 11.3 Å². The molecule has 2 amide bonds. The first-order valence-corrected chi connectivity index (χ1v) is 9.36. The summed E-state index contributed by atoms with van der Waals surface area (Å²) in [5.41, 5.74) is 0.993. The largest absolute Gasteiger partial charge is 0.355 e. The number of carbonyl (C=O) groups excluding carboxylic acids is 2. The second-order valence-corrected chi connectivity index (χ2v) is 7.57. The van der Waals surface area contributed by atoms with E-state index in [1.165, 1.54) is 0 Å². The Bertz CT molecular complexity index is 764. The van der Waals surface area contributed by atoms with E-state index in [1.807, 2.05) is 18.2 Å². The molecule has 132 valence electrons. The number of aromatic nitrogens is 1. The summed E-state index contributed by atoms with van der Waals surface area (Å²) in [6.07, 6.45) is 6.07. The van der Waals surface area contributed by atoms with Crippen LogP contribution in [0.2, 0.25) is 0 Å². The fraction of sp³-hybridized carbons (Fsp3) is 0.421. The zero-order valence-corrected chi connectivity index (χ0v) is 15.4. The number of benzene rings is 1. The fourth-order valence-corrected chi connectivity index (χ4v) is 4.22. The Hall–Kier alpha value is -2.21. The van der Waals surface area contributed by atoms with E-state index in [-0.39, 0.29) is 23.7 Å². The maximum atomic E-state index is 12.7. The van der Waals surface area contributed by atoms with Gasteiger partial charge in [-0.1, -0.05) is 24.3 Å². The number of rotatable bonds is 5. The Balaban J connectivity index is 1.69. The van der Waals surface area contributed by atoms with Crippen LogP contribution in [-0.2, 0) is 9.59 Å². The second kappa shape index (κ2) is 7.78. The molecule has 2 unspecified atom stereocenters. The fourth-order valence-electron chi connectivity index (χ4n) is 3.07. The zero-order chi connectivity index (χ0) is 17.8. The summed E-state index contributed by atoms with van der Waals surface area (Å²) in [7, 11) is 3.44. The topological polar surface area (TPSA) is 62.3 Å². The molecule has 0 aliphatic heterocycles. The number of fused-ring (bicyclic) bond motifs is 1. The van der Waals surface area contributed by atoms with E-state index in [4.69, 9.17) is 4.98 Å². The van der Waals surface area contributed by atoms with E-state index in [2.05, 4.69) is 23.5 Å². The molecular formula is C19H23N3O2S. The quantitative estimate of drug-likeness (QED) is 0.837. The van der Waals surface area contributed by atoms with Gasteiger partial charge in [0.2, 0.25) is 11.8 Å². The van der Waals surface area contributed by atoms with Crippen LogP contribution in [-0.4, -0.2) is 42.3 Å². The van der Waals surface area contributed by atoms with E-state index in [9.17, 15) is 9.59 Å². The first-order chi connectivity index (χ1) is 12.1. The highest BCUT2D eigenvalue weighted by atomic mass is 32.1. The number of hydrogen-bond acceptors (Lipinski definition) is 4. The van der Waals surface area contributed by atoms with Crippen molar-refractivity contribution in [3.8, 4) is 0 Å². The summed E-state index contributed by atoms with van der Waals surface area (Å²) in [6.45, 7) is 0.378. The van der Waals surface area contributed by atoms with Gasteiger partial charge in [-0.25, -0.2) is 4.98 Å². The number of thiazole rings is 1. The van der Waals surface area contributed by atoms with Crippen LogP contribution in [0.5, 0.6) is 0 Å². The second-order valence-electron chi connectivity index (χ2n) is 6.50. The molecular weight excluding hydrogens is 334 g/mol. The summed E-state index contributed by atoms with van der Waals surface area (Å²) in [5.74, 6) is 0.0127. The molecule has 1 aliphatic rings. The van der Waals surface area contributed by atoms with Crippen molar-refractivity contribution in [1.82, 2.24) is 15.2 Å². The maximum absolute atomic E-state index is 12.7. The van der Waals surface area contributed by atoms with Crippen LogP contribution in [0.25, 0.3) is 10.2 Å². The van der Waals surface area contributed by atoms with Gasteiger partial charge in [0.25, 0.3) is 0 Å². The van der Waals surface area contributed by atoms with Crippen molar-refractivity contribution in [2.24, 2.45) is 5.92 Å².